The molecule has 0 saturated heterocycles. The first-order chi connectivity index (χ1) is 11.4. The van der Waals surface area contributed by atoms with Crippen molar-refractivity contribution in [1.29, 1.82) is 10.8 Å². The Balaban J connectivity index is 0.000000772. The van der Waals surface area contributed by atoms with Crippen LogP contribution < -0.4 is 0 Å². The number of aryl methyl sites for hydroxylation is 1. The summed E-state index contributed by atoms with van der Waals surface area (Å²) in [6, 6.07) is 12.7. The van der Waals surface area contributed by atoms with Crippen molar-refractivity contribution in [2.24, 2.45) is 0 Å². The number of carbonyl (C=O) groups excluding carboxylic acids is 2. The Morgan fingerprint density at radius 1 is 0.792 bits per heavy atom. The van der Waals surface area contributed by atoms with Gasteiger partial charge in [0.05, 0.1) is 0 Å². The number of benzene rings is 2. The standard InChI is InChI=1S/C18H20.2CHNO/c1-13-12-18(16(4)15(3)14(13)2)11-10-17-8-6-5-7-9-17;2*2-1-3/h5-12H,1-4H3;2*2H. The van der Waals surface area contributed by atoms with Crippen molar-refractivity contribution in [3.05, 3.63) is 69.8 Å². The molecule has 2 rings (SSSR count). The molecule has 24 heavy (non-hydrogen) atoms. The molecule has 0 atom stereocenters. The smallest absolute Gasteiger partial charge is 0.222 e. The molecule has 0 bridgehead atoms. The molecule has 0 amide bonds. The van der Waals surface area contributed by atoms with Crippen molar-refractivity contribution in [2.75, 3.05) is 0 Å². The van der Waals surface area contributed by atoms with Gasteiger partial charge in [0.25, 0.3) is 0 Å². The SMILES string of the molecule is Cc1cc(C=Cc2ccccc2)c(C)c(C)c1C.N=C=O.N=C=O. The lowest BCUT2D eigenvalue weighted by atomic mass is 9.94. The minimum Gasteiger partial charge on any atom is -0.222 e. The van der Waals surface area contributed by atoms with E-state index in [-0.39, 0.29) is 0 Å². The molecule has 0 aromatic heterocycles. The second-order valence-corrected chi connectivity index (χ2v) is 5.11. The Morgan fingerprint density at radius 2 is 1.29 bits per heavy atom. The summed E-state index contributed by atoms with van der Waals surface area (Å²) in [5.74, 6) is 0. The summed E-state index contributed by atoms with van der Waals surface area (Å²) < 4.78 is 0. The van der Waals surface area contributed by atoms with E-state index in [4.69, 9.17) is 20.4 Å². The molecule has 2 aromatic carbocycles. The predicted molar refractivity (Wildman–Crippen MR) is 97.6 cm³/mol. The Bertz CT molecular complexity index is 739. The Hall–Kier alpha value is -3.06. The van der Waals surface area contributed by atoms with Gasteiger partial charge in [-0.1, -0.05) is 48.6 Å². The normalized spacial score (nSPS) is 9.00. The van der Waals surface area contributed by atoms with Crippen LogP contribution in [0.15, 0.2) is 36.4 Å². The highest BCUT2D eigenvalue weighted by atomic mass is 16.1. The van der Waals surface area contributed by atoms with E-state index in [1.54, 1.807) is 0 Å². The van der Waals surface area contributed by atoms with Crippen molar-refractivity contribution >= 4 is 24.3 Å². The molecule has 0 unspecified atom stereocenters. The molecule has 0 radical (unpaired) electrons. The van der Waals surface area contributed by atoms with Gasteiger partial charge in [-0.25, -0.2) is 20.4 Å². The van der Waals surface area contributed by atoms with E-state index in [2.05, 4.69) is 70.2 Å². The first-order valence-corrected chi connectivity index (χ1v) is 7.31. The van der Waals surface area contributed by atoms with Crippen LogP contribution in [-0.4, -0.2) is 12.2 Å². The number of rotatable bonds is 2. The average Bonchev–Trinajstić information content (AvgIpc) is 2.57. The van der Waals surface area contributed by atoms with E-state index >= 15 is 0 Å². The third-order valence-electron chi connectivity index (χ3n) is 3.78. The van der Waals surface area contributed by atoms with Crippen molar-refractivity contribution in [3.63, 3.8) is 0 Å². The monoisotopic (exact) mass is 322 g/mol. The van der Waals surface area contributed by atoms with Gasteiger partial charge < -0.3 is 0 Å². The van der Waals surface area contributed by atoms with Crippen molar-refractivity contribution < 1.29 is 9.59 Å². The molecule has 0 saturated carbocycles. The van der Waals surface area contributed by atoms with Gasteiger partial charge >= 0.3 is 0 Å². The lowest BCUT2D eigenvalue weighted by molar-refractivity contribution is 0.562. The number of isocyanates is 2. The zero-order chi connectivity index (χ0) is 18.5. The molecule has 4 heteroatoms. The van der Waals surface area contributed by atoms with Gasteiger partial charge in [0.15, 0.2) is 0 Å². The van der Waals surface area contributed by atoms with E-state index in [1.807, 2.05) is 6.07 Å². The number of nitrogens with one attached hydrogen (secondary N) is 2. The molecule has 2 aromatic rings. The summed E-state index contributed by atoms with van der Waals surface area (Å²) in [5.41, 5.74) is 8.12. The molecule has 4 nitrogen and oxygen atoms in total. The molecule has 0 spiro atoms. The van der Waals surface area contributed by atoms with E-state index in [0.717, 1.165) is 12.2 Å². The Kier molecular flexibility index (Phi) is 10.0. The highest BCUT2D eigenvalue weighted by Crippen LogP contribution is 2.22. The third-order valence-corrected chi connectivity index (χ3v) is 3.78. The molecule has 0 aliphatic carbocycles. The molecule has 0 aliphatic rings. The molecule has 0 heterocycles. The van der Waals surface area contributed by atoms with Crippen LogP contribution in [0.2, 0.25) is 0 Å². The maximum absolute atomic E-state index is 8.35. The first-order valence-electron chi connectivity index (χ1n) is 7.31. The van der Waals surface area contributed by atoms with E-state index in [1.165, 1.54) is 33.4 Å². The zero-order valence-electron chi connectivity index (χ0n) is 14.4. The fourth-order valence-electron chi connectivity index (χ4n) is 2.17. The van der Waals surface area contributed by atoms with Gasteiger partial charge in [-0.2, -0.15) is 0 Å². The highest BCUT2D eigenvalue weighted by Gasteiger charge is 2.04. The van der Waals surface area contributed by atoms with Gasteiger partial charge in [-0.15, -0.1) is 0 Å². The maximum Gasteiger partial charge on any atom is 0.231 e. The van der Waals surface area contributed by atoms with Gasteiger partial charge in [0.2, 0.25) is 12.2 Å². The van der Waals surface area contributed by atoms with Crippen LogP contribution in [0.4, 0.5) is 0 Å². The molecular formula is C20H22N2O2. The molecule has 0 aliphatic heterocycles. The zero-order valence-corrected chi connectivity index (χ0v) is 14.4. The molecule has 0 fully saturated rings. The van der Waals surface area contributed by atoms with Crippen LogP contribution in [0.5, 0.6) is 0 Å². The van der Waals surface area contributed by atoms with Crippen LogP contribution in [-0.2, 0) is 9.59 Å². The van der Waals surface area contributed by atoms with E-state index < -0.39 is 0 Å². The molecule has 2 N–H and O–H groups in total. The maximum atomic E-state index is 8.35. The van der Waals surface area contributed by atoms with Crippen LogP contribution >= 0.6 is 0 Å². The number of hydrogen-bond acceptors (Lipinski definition) is 4. The Morgan fingerprint density at radius 3 is 1.79 bits per heavy atom. The van der Waals surface area contributed by atoms with Crippen LogP contribution in [0, 0.1) is 38.5 Å². The molecular weight excluding hydrogens is 300 g/mol. The minimum absolute atomic E-state index is 0.750. The second kappa shape index (κ2) is 11.5. The average molecular weight is 322 g/mol. The number of hydrogen-bond donors (Lipinski definition) is 2. The summed E-state index contributed by atoms with van der Waals surface area (Å²) in [4.78, 5) is 16.7. The lowest BCUT2D eigenvalue weighted by Crippen LogP contribution is -1.93. The van der Waals surface area contributed by atoms with Crippen molar-refractivity contribution in [2.45, 2.75) is 27.7 Å². The predicted octanol–water partition coefficient (Wildman–Crippen LogP) is 4.89. The lowest BCUT2D eigenvalue weighted by Gasteiger charge is -2.11. The van der Waals surface area contributed by atoms with Crippen molar-refractivity contribution in [1.82, 2.24) is 0 Å². The second-order valence-electron chi connectivity index (χ2n) is 5.11. The van der Waals surface area contributed by atoms with Gasteiger partial charge in [0, 0.05) is 0 Å². The van der Waals surface area contributed by atoms with Crippen LogP contribution in [0.25, 0.3) is 12.2 Å². The topological polar surface area (TPSA) is 81.8 Å². The summed E-state index contributed by atoms with van der Waals surface area (Å²) in [5, 5.41) is 10.8. The van der Waals surface area contributed by atoms with Crippen LogP contribution in [0.1, 0.15) is 33.4 Å². The highest BCUT2D eigenvalue weighted by molar-refractivity contribution is 5.72. The minimum atomic E-state index is 0.750. The summed E-state index contributed by atoms with van der Waals surface area (Å²) in [7, 11) is 0. The summed E-state index contributed by atoms with van der Waals surface area (Å²) in [6.07, 6.45) is 5.89. The summed E-state index contributed by atoms with van der Waals surface area (Å²) >= 11 is 0. The first kappa shape index (κ1) is 20.9. The largest absolute Gasteiger partial charge is 0.231 e. The fourth-order valence-corrected chi connectivity index (χ4v) is 2.17. The van der Waals surface area contributed by atoms with E-state index in [0.29, 0.717) is 0 Å². The quantitative estimate of drug-likeness (QED) is 0.468. The van der Waals surface area contributed by atoms with Gasteiger partial charge in [-0.3, -0.25) is 0 Å². The third kappa shape index (κ3) is 6.80. The van der Waals surface area contributed by atoms with Gasteiger partial charge in [-0.05, 0) is 61.1 Å². The molecule has 124 valence electrons. The van der Waals surface area contributed by atoms with Gasteiger partial charge in [0.1, 0.15) is 0 Å². The summed E-state index contributed by atoms with van der Waals surface area (Å²) in [6.45, 7) is 8.79. The van der Waals surface area contributed by atoms with E-state index in [9.17, 15) is 0 Å². The fraction of sp³-hybridized carbons (Fsp3) is 0.200. The van der Waals surface area contributed by atoms with Crippen LogP contribution in [0.3, 0.4) is 0 Å². The van der Waals surface area contributed by atoms with Crippen molar-refractivity contribution in [3.8, 4) is 0 Å². The Labute approximate surface area is 142 Å².